The van der Waals surface area contributed by atoms with E-state index in [1.165, 1.54) is 0 Å². The summed E-state index contributed by atoms with van der Waals surface area (Å²) in [5.41, 5.74) is -3.89. The number of H-pyrrole nitrogens is 1. The molecule has 0 fully saturated rings. The number of rotatable bonds is 1. The lowest BCUT2D eigenvalue weighted by molar-refractivity contribution is -0.141. The van der Waals surface area contributed by atoms with Gasteiger partial charge in [0.05, 0.1) is 11.3 Å². The Labute approximate surface area is 123 Å². The lowest BCUT2D eigenvalue weighted by Gasteiger charge is -2.12. The number of hydrogen-bond donors (Lipinski definition) is 1. The normalized spacial score (nSPS) is 12.5. The first-order chi connectivity index (χ1) is 10.00. The fourth-order valence-electron chi connectivity index (χ4n) is 1.71. The summed E-state index contributed by atoms with van der Waals surface area (Å²) in [6, 6.07) is 3.78. The molecule has 1 aromatic carbocycles. The van der Waals surface area contributed by atoms with Gasteiger partial charge in [-0.1, -0.05) is 6.07 Å². The Morgan fingerprint density at radius 1 is 1.00 bits per heavy atom. The third-order valence-corrected chi connectivity index (χ3v) is 2.95. The number of benzene rings is 1. The van der Waals surface area contributed by atoms with Gasteiger partial charge in [-0.05, 0) is 30.4 Å². The van der Waals surface area contributed by atoms with Crippen molar-refractivity contribution in [2.75, 3.05) is 0 Å². The van der Waals surface area contributed by atoms with E-state index in [-0.39, 0.29) is 11.8 Å². The van der Waals surface area contributed by atoms with Crippen molar-refractivity contribution in [3.05, 3.63) is 56.7 Å². The highest BCUT2D eigenvalue weighted by molar-refractivity contribution is 7.71. The molecule has 0 atom stereocenters. The zero-order chi connectivity index (χ0) is 16.7. The Bertz CT molecular complexity index is 787. The molecule has 0 amide bonds. The van der Waals surface area contributed by atoms with Crippen molar-refractivity contribution in [2.45, 2.75) is 12.4 Å². The molecule has 0 aliphatic rings. The molecule has 2 rings (SSSR count). The van der Waals surface area contributed by atoms with Crippen molar-refractivity contribution < 1.29 is 26.3 Å². The van der Waals surface area contributed by atoms with Gasteiger partial charge in [-0.15, -0.1) is 0 Å². The van der Waals surface area contributed by atoms with Gasteiger partial charge in [0.15, 0.2) is 4.77 Å². The van der Waals surface area contributed by atoms with Crippen molar-refractivity contribution in [3.63, 3.8) is 0 Å². The number of nitrogens with one attached hydrogen (secondary N) is 1. The molecule has 1 N–H and O–H groups in total. The lowest BCUT2D eigenvalue weighted by atomic mass is 10.2. The summed E-state index contributed by atoms with van der Waals surface area (Å²) in [5, 5.41) is 0. The molecular formula is C12H6F6N2OS. The lowest BCUT2D eigenvalue weighted by Crippen LogP contribution is -2.24. The first-order valence-corrected chi connectivity index (χ1v) is 6.02. The average molecular weight is 340 g/mol. The summed E-state index contributed by atoms with van der Waals surface area (Å²) in [6.07, 6.45) is -9.48. The van der Waals surface area contributed by atoms with Gasteiger partial charge in [-0.2, -0.15) is 26.3 Å². The minimum atomic E-state index is -4.82. The maximum absolute atomic E-state index is 12.6. The maximum atomic E-state index is 12.6. The first kappa shape index (κ1) is 16.3. The molecular weight excluding hydrogens is 334 g/mol. The van der Waals surface area contributed by atoms with Crippen molar-refractivity contribution >= 4 is 12.2 Å². The van der Waals surface area contributed by atoms with E-state index in [1.54, 1.807) is 4.98 Å². The van der Waals surface area contributed by atoms with E-state index in [2.05, 4.69) is 12.2 Å². The van der Waals surface area contributed by atoms with Gasteiger partial charge in [0, 0.05) is 6.07 Å². The first-order valence-electron chi connectivity index (χ1n) is 5.61. The number of aromatic amines is 1. The molecule has 0 spiro atoms. The van der Waals surface area contributed by atoms with Crippen LogP contribution in [-0.2, 0) is 12.4 Å². The highest BCUT2D eigenvalue weighted by atomic mass is 32.1. The Morgan fingerprint density at radius 2 is 1.64 bits per heavy atom. The van der Waals surface area contributed by atoms with Gasteiger partial charge in [0.1, 0.15) is 5.69 Å². The Balaban J connectivity index is 2.65. The van der Waals surface area contributed by atoms with Gasteiger partial charge in [0.2, 0.25) is 0 Å². The van der Waals surface area contributed by atoms with Crippen molar-refractivity contribution in [3.8, 4) is 5.69 Å². The van der Waals surface area contributed by atoms with Crippen LogP contribution in [0.2, 0.25) is 0 Å². The van der Waals surface area contributed by atoms with Crippen LogP contribution in [0.1, 0.15) is 11.3 Å². The van der Waals surface area contributed by atoms with Gasteiger partial charge in [-0.25, -0.2) is 0 Å². The molecule has 0 bridgehead atoms. The van der Waals surface area contributed by atoms with Gasteiger partial charge < -0.3 is 4.98 Å². The molecule has 0 saturated carbocycles. The van der Waals surface area contributed by atoms with Gasteiger partial charge in [0.25, 0.3) is 5.56 Å². The van der Waals surface area contributed by atoms with Crippen LogP contribution in [0.4, 0.5) is 26.3 Å². The topological polar surface area (TPSA) is 37.8 Å². The summed E-state index contributed by atoms with van der Waals surface area (Å²) in [6.45, 7) is 0. The number of aromatic nitrogens is 2. The standard InChI is InChI=1S/C12H6F6N2OS/c13-11(14,15)6-2-1-3-7(4-6)20-9(21)5-8(12(16,17)18)19-10(20)22/h1-5H,(H,19,22). The van der Waals surface area contributed by atoms with Crippen LogP contribution in [0, 0.1) is 4.77 Å². The molecule has 0 radical (unpaired) electrons. The molecule has 0 aliphatic heterocycles. The predicted molar refractivity (Wildman–Crippen MR) is 67.2 cm³/mol. The Kier molecular flexibility index (Phi) is 3.90. The summed E-state index contributed by atoms with van der Waals surface area (Å²) >= 11 is 4.64. The van der Waals surface area contributed by atoms with Gasteiger partial charge in [-0.3, -0.25) is 9.36 Å². The largest absolute Gasteiger partial charge is 0.431 e. The summed E-state index contributed by atoms with van der Waals surface area (Å²) in [5.74, 6) is 0. The van der Waals surface area contributed by atoms with E-state index in [4.69, 9.17) is 0 Å². The van der Waals surface area contributed by atoms with Crippen LogP contribution in [0.25, 0.3) is 5.69 Å². The second-order valence-corrected chi connectivity index (χ2v) is 4.59. The quantitative estimate of drug-likeness (QED) is 0.631. The smallest absolute Gasteiger partial charge is 0.328 e. The summed E-state index contributed by atoms with van der Waals surface area (Å²) in [7, 11) is 0. The molecule has 1 heterocycles. The maximum Gasteiger partial charge on any atom is 0.431 e. The number of hydrogen-bond acceptors (Lipinski definition) is 2. The number of nitrogens with zero attached hydrogens (tertiary/aromatic N) is 1. The predicted octanol–water partition coefficient (Wildman–Crippen LogP) is 3.93. The third kappa shape index (κ3) is 3.21. The molecule has 0 saturated heterocycles. The molecule has 2 aromatic rings. The van der Waals surface area contributed by atoms with E-state index in [0.717, 1.165) is 18.2 Å². The van der Waals surface area contributed by atoms with Crippen LogP contribution in [0.3, 0.4) is 0 Å². The Morgan fingerprint density at radius 3 is 2.14 bits per heavy atom. The Hall–Kier alpha value is -2.10. The SMILES string of the molecule is O=c1cc(C(F)(F)F)[nH]c(=S)n1-c1cccc(C(F)(F)F)c1. The minimum Gasteiger partial charge on any atom is -0.328 e. The zero-order valence-corrected chi connectivity index (χ0v) is 11.2. The van der Waals surface area contributed by atoms with E-state index in [1.807, 2.05) is 0 Å². The van der Waals surface area contributed by atoms with Crippen molar-refractivity contribution in [1.29, 1.82) is 0 Å². The minimum absolute atomic E-state index is 0.232. The fourth-order valence-corrected chi connectivity index (χ4v) is 2.02. The van der Waals surface area contributed by atoms with E-state index < -0.39 is 33.9 Å². The van der Waals surface area contributed by atoms with E-state index >= 15 is 0 Å². The van der Waals surface area contributed by atoms with Crippen LogP contribution in [-0.4, -0.2) is 9.55 Å². The fraction of sp³-hybridized carbons (Fsp3) is 0.167. The van der Waals surface area contributed by atoms with Crippen LogP contribution < -0.4 is 5.56 Å². The average Bonchev–Trinajstić information content (AvgIpc) is 2.36. The number of halogens is 6. The highest BCUT2D eigenvalue weighted by Gasteiger charge is 2.33. The molecule has 118 valence electrons. The highest BCUT2D eigenvalue weighted by Crippen LogP contribution is 2.30. The summed E-state index contributed by atoms with van der Waals surface area (Å²) < 4.78 is 75.4. The van der Waals surface area contributed by atoms with Crippen LogP contribution >= 0.6 is 12.2 Å². The molecule has 1 aromatic heterocycles. The molecule has 10 heteroatoms. The van der Waals surface area contributed by atoms with E-state index in [0.29, 0.717) is 10.6 Å². The number of alkyl halides is 6. The van der Waals surface area contributed by atoms with E-state index in [9.17, 15) is 31.1 Å². The molecule has 0 aliphatic carbocycles. The third-order valence-electron chi connectivity index (χ3n) is 2.67. The molecule has 3 nitrogen and oxygen atoms in total. The zero-order valence-electron chi connectivity index (χ0n) is 10.4. The monoisotopic (exact) mass is 340 g/mol. The van der Waals surface area contributed by atoms with Crippen molar-refractivity contribution in [2.24, 2.45) is 0 Å². The van der Waals surface area contributed by atoms with Crippen LogP contribution in [0.5, 0.6) is 0 Å². The molecule has 0 unspecified atom stereocenters. The van der Waals surface area contributed by atoms with Crippen molar-refractivity contribution in [1.82, 2.24) is 9.55 Å². The molecule has 22 heavy (non-hydrogen) atoms. The van der Waals surface area contributed by atoms with Crippen LogP contribution in [0.15, 0.2) is 35.1 Å². The summed E-state index contributed by atoms with van der Waals surface area (Å²) in [4.78, 5) is 13.5. The van der Waals surface area contributed by atoms with Gasteiger partial charge >= 0.3 is 12.4 Å². The second-order valence-electron chi connectivity index (χ2n) is 4.21. The second kappa shape index (κ2) is 5.27.